The van der Waals surface area contributed by atoms with Gasteiger partial charge in [-0.05, 0) is 11.1 Å². The first-order chi connectivity index (χ1) is 13.9. The molecule has 152 valence electrons. The SMILES string of the molecule is O=C([C@H](CO)c1ccccc1)N1C[C@]2(F)CN(Cc3ccccc3)C(=O)[C@]2(F)C1. The van der Waals surface area contributed by atoms with Gasteiger partial charge in [0, 0.05) is 6.54 Å². The summed E-state index contributed by atoms with van der Waals surface area (Å²) in [5.74, 6) is -2.43. The van der Waals surface area contributed by atoms with E-state index in [1.807, 2.05) is 6.07 Å². The van der Waals surface area contributed by atoms with Gasteiger partial charge in [-0.1, -0.05) is 60.7 Å². The van der Waals surface area contributed by atoms with Crippen molar-refractivity contribution in [3.05, 3.63) is 71.8 Å². The minimum absolute atomic E-state index is 0.119. The van der Waals surface area contributed by atoms with Crippen molar-refractivity contribution >= 4 is 11.8 Å². The number of rotatable bonds is 5. The van der Waals surface area contributed by atoms with Gasteiger partial charge in [-0.2, -0.15) is 0 Å². The number of alkyl halides is 2. The summed E-state index contributed by atoms with van der Waals surface area (Å²) in [5.41, 5.74) is -3.89. The van der Waals surface area contributed by atoms with Gasteiger partial charge in [0.2, 0.25) is 11.6 Å². The van der Waals surface area contributed by atoms with Crippen LogP contribution in [-0.4, -0.2) is 64.3 Å². The molecule has 2 aliphatic heterocycles. The van der Waals surface area contributed by atoms with Gasteiger partial charge in [-0.15, -0.1) is 0 Å². The number of hydrogen-bond donors (Lipinski definition) is 1. The summed E-state index contributed by atoms with van der Waals surface area (Å²) in [6.07, 6.45) is 0. The van der Waals surface area contributed by atoms with E-state index in [2.05, 4.69) is 0 Å². The van der Waals surface area contributed by atoms with Crippen LogP contribution in [0.1, 0.15) is 17.0 Å². The van der Waals surface area contributed by atoms with Crippen LogP contribution in [0.25, 0.3) is 0 Å². The molecule has 0 aliphatic carbocycles. The number of hydrogen-bond acceptors (Lipinski definition) is 3. The normalized spacial score (nSPS) is 27.2. The Bertz CT molecular complexity index is 911. The summed E-state index contributed by atoms with van der Waals surface area (Å²) in [5, 5.41) is 9.69. The molecule has 0 aromatic heterocycles. The van der Waals surface area contributed by atoms with Gasteiger partial charge < -0.3 is 14.9 Å². The number of aliphatic hydroxyl groups is 1. The Morgan fingerprint density at radius 2 is 1.62 bits per heavy atom. The van der Waals surface area contributed by atoms with Crippen molar-refractivity contribution in [2.45, 2.75) is 23.8 Å². The molecular formula is C22H22F2N2O3. The third-order valence-electron chi connectivity index (χ3n) is 5.84. The summed E-state index contributed by atoms with van der Waals surface area (Å²) in [4.78, 5) is 27.8. The monoisotopic (exact) mass is 400 g/mol. The molecule has 3 atom stereocenters. The number of aliphatic hydroxyl groups excluding tert-OH is 1. The average molecular weight is 400 g/mol. The smallest absolute Gasteiger partial charge is 0.266 e. The molecule has 0 saturated carbocycles. The van der Waals surface area contributed by atoms with Crippen molar-refractivity contribution in [2.24, 2.45) is 0 Å². The number of nitrogens with zero attached hydrogens (tertiary/aromatic N) is 2. The highest BCUT2D eigenvalue weighted by Gasteiger charge is 2.71. The van der Waals surface area contributed by atoms with Gasteiger partial charge in [0.25, 0.3) is 5.91 Å². The minimum atomic E-state index is -2.77. The van der Waals surface area contributed by atoms with Crippen LogP contribution in [0.4, 0.5) is 8.78 Å². The van der Waals surface area contributed by atoms with E-state index in [-0.39, 0.29) is 6.54 Å². The average Bonchev–Trinajstić information content (AvgIpc) is 3.09. The second-order valence-electron chi connectivity index (χ2n) is 7.75. The lowest BCUT2D eigenvalue weighted by atomic mass is 9.93. The maximum atomic E-state index is 15.6. The van der Waals surface area contributed by atoms with Gasteiger partial charge >= 0.3 is 0 Å². The number of halogens is 2. The van der Waals surface area contributed by atoms with Gasteiger partial charge in [0.15, 0.2) is 5.67 Å². The first kappa shape index (κ1) is 19.5. The zero-order chi connectivity index (χ0) is 20.6. The molecule has 29 heavy (non-hydrogen) atoms. The Labute approximate surface area is 167 Å². The quantitative estimate of drug-likeness (QED) is 0.836. The van der Waals surface area contributed by atoms with E-state index < -0.39 is 55.3 Å². The number of carbonyl (C=O) groups excluding carboxylic acids is 2. The van der Waals surface area contributed by atoms with E-state index in [0.717, 1.165) is 10.5 Å². The Balaban J connectivity index is 1.52. The van der Waals surface area contributed by atoms with Crippen LogP contribution >= 0.6 is 0 Å². The molecule has 5 nitrogen and oxygen atoms in total. The zero-order valence-corrected chi connectivity index (χ0v) is 15.8. The first-order valence-corrected chi connectivity index (χ1v) is 9.54. The lowest BCUT2D eigenvalue weighted by Crippen LogP contribution is -2.47. The van der Waals surface area contributed by atoms with E-state index in [9.17, 15) is 14.7 Å². The van der Waals surface area contributed by atoms with Crippen LogP contribution in [0.3, 0.4) is 0 Å². The topological polar surface area (TPSA) is 60.9 Å². The largest absolute Gasteiger partial charge is 0.395 e. The Kier molecular flexibility index (Phi) is 4.86. The first-order valence-electron chi connectivity index (χ1n) is 9.54. The molecule has 0 bridgehead atoms. The van der Waals surface area contributed by atoms with Crippen molar-refractivity contribution in [2.75, 3.05) is 26.2 Å². The van der Waals surface area contributed by atoms with Crippen molar-refractivity contribution in [1.29, 1.82) is 0 Å². The Morgan fingerprint density at radius 3 is 2.21 bits per heavy atom. The number of benzene rings is 2. The van der Waals surface area contributed by atoms with Gasteiger partial charge in [0.1, 0.15) is 0 Å². The fourth-order valence-corrected chi connectivity index (χ4v) is 4.27. The predicted octanol–water partition coefficient (Wildman–Crippen LogP) is 2.06. The maximum absolute atomic E-state index is 15.6. The predicted molar refractivity (Wildman–Crippen MR) is 102 cm³/mol. The fraction of sp³-hybridized carbons (Fsp3) is 0.364. The van der Waals surface area contributed by atoms with Gasteiger partial charge in [0.05, 0.1) is 32.2 Å². The third-order valence-corrected chi connectivity index (χ3v) is 5.84. The summed E-state index contributed by atoms with van der Waals surface area (Å²) < 4.78 is 31.2. The molecule has 0 radical (unpaired) electrons. The lowest BCUT2D eigenvalue weighted by molar-refractivity contribution is -0.140. The van der Waals surface area contributed by atoms with Crippen LogP contribution in [0.2, 0.25) is 0 Å². The van der Waals surface area contributed by atoms with Crippen LogP contribution in [-0.2, 0) is 16.1 Å². The summed E-state index contributed by atoms with van der Waals surface area (Å²) in [7, 11) is 0. The van der Waals surface area contributed by atoms with Crippen LogP contribution in [0.15, 0.2) is 60.7 Å². The second kappa shape index (κ2) is 7.22. The molecule has 0 spiro atoms. The van der Waals surface area contributed by atoms with E-state index in [1.165, 1.54) is 4.90 Å². The molecule has 2 aromatic carbocycles. The summed E-state index contributed by atoms with van der Waals surface area (Å²) in [6, 6.07) is 17.6. The minimum Gasteiger partial charge on any atom is -0.395 e. The summed E-state index contributed by atoms with van der Waals surface area (Å²) in [6.45, 7) is -1.92. The zero-order valence-electron chi connectivity index (χ0n) is 15.8. The van der Waals surface area contributed by atoms with E-state index in [1.54, 1.807) is 54.6 Å². The van der Waals surface area contributed by atoms with E-state index in [0.29, 0.717) is 5.56 Å². The molecule has 2 saturated heterocycles. The molecule has 2 aromatic rings. The molecule has 2 amide bonds. The third kappa shape index (κ3) is 3.19. The highest BCUT2D eigenvalue weighted by molar-refractivity contribution is 5.93. The highest BCUT2D eigenvalue weighted by atomic mass is 19.2. The van der Waals surface area contributed by atoms with E-state index >= 15 is 8.78 Å². The van der Waals surface area contributed by atoms with Crippen molar-refractivity contribution in [1.82, 2.24) is 9.80 Å². The second-order valence-corrected chi connectivity index (χ2v) is 7.75. The molecule has 2 heterocycles. The number of likely N-dealkylation sites (tertiary alicyclic amines) is 2. The Hall–Kier alpha value is -2.80. The van der Waals surface area contributed by atoms with Gasteiger partial charge in [-0.25, -0.2) is 8.78 Å². The molecule has 2 fully saturated rings. The van der Waals surface area contributed by atoms with Gasteiger partial charge in [-0.3, -0.25) is 9.59 Å². The number of fused-ring (bicyclic) bond motifs is 1. The highest BCUT2D eigenvalue weighted by Crippen LogP contribution is 2.46. The molecule has 1 N–H and O–H groups in total. The van der Waals surface area contributed by atoms with Crippen molar-refractivity contribution < 1.29 is 23.5 Å². The number of amides is 2. The van der Waals surface area contributed by atoms with Crippen LogP contribution < -0.4 is 0 Å². The molecule has 0 unspecified atom stereocenters. The molecular weight excluding hydrogens is 378 g/mol. The van der Waals surface area contributed by atoms with Crippen LogP contribution in [0, 0.1) is 0 Å². The number of carbonyl (C=O) groups is 2. The van der Waals surface area contributed by atoms with E-state index in [4.69, 9.17) is 0 Å². The maximum Gasteiger partial charge on any atom is 0.266 e. The van der Waals surface area contributed by atoms with Crippen LogP contribution in [0.5, 0.6) is 0 Å². The summed E-state index contributed by atoms with van der Waals surface area (Å²) >= 11 is 0. The standard InChI is InChI=1S/C22H22F2N2O3/c23-21-13-25(11-16-7-3-1-4-8-16)20(29)22(21,24)15-26(14-21)19(28)18(12-27)17-9-5-2-6-10-17/h1-10,18,27H,11-15H2/t18-,21-,22-/m1/s1. The Morgan fingerprint density at radius 1 is 1.00 bits per heavy atom. The lowest BCUT2D eigenvalue weighted by Gasteiger charge is -2.25. The molecule has 7 heteroatoms. The fourth-order valence-electron chi connectivity index (χ4n) is 4.27. The molecule has 2 aliphatic rings. The van der Waals surface area contributed by atoms with Crippen molar-refractivity contribution in [3.8, 4) is 0 Å². The molecule has 4 rings (SSSR count). The van der Waals surface area contributed by atoms with Crippen molar-refractivity contribution in [3.63, 3.8) is 0 Å².